The van der Waals surface area contributed by atoms with Crippen molar-refractivity contribution in [2.75, 3.05) is 5.32 Å². The summed E-state index contributed by atoms with van der Waals surface area (Å²) >= 11 is 0. The Balaban J connectivity index is 1.57. The Morgan fingerprint density at radius 3 is 2.39 bits per heavy atom. The Hall–Kier alpha value is -3.80. The highest BCUT2D eigenvalue weighted by molar-refractivity contribution is 5.96. The predicted octanol–water partition coefficient (Wildman–Crippen LogP) is 3.69. The number of urea groups is 1. The number of carbonyl (C=O) groups is 2. The van der Waals surface area contributed by atoms with E-state index in [-0.39, 0.29) is 5.91 Å². The Morgan fingerprint density at radius 1 is 0.857 bits per heavy atom. The van der Waals surface area contributed by atoms with Gasteiger partial charge in [0, 0.05) is 17.8 Å². The van der Waals surface area contributed by atoms with Gasteiger partial charge in [-0.3, -0.25) is 4.79 Å². The molecule has 0 aromatic heterocycles. The van der Waals surface area contributed by atoms with Gasteiger partial charge in [0.1, 0.15) is 12.4 Å². The topological polar surface area (TPSA) is 93.5 Å². The summed E-state index contributed by atoms with van der Waals surface area (Å²) in [5.41, 5.74) is 8.01. The lowest BCUT2D eigenvalue weighted by molar-refractivity contribution is 0.0951. The van der Waals surface area contributed by atoms with E-state index >= 15 is 0 Å². The first-order valence-corrected chi connectivity index (χ1v) is 8.80. The maximum Gasteiger partial charge on any atom is 0.316 e. The summed E-state index contributed by atoms with van der Waals surface area (Å²) in [5.74, 6) is 0.493. The number of nitrogens with two attached hydrogens (primary N) is 1. The van der Waals surface area contributed by atoms with Crippen molar-refractivity contribution >= 4 is 17.6 Å². The molecule has 3 amide bonds. The monoisotopic (exact) mass is 375 g/mol. The molecule has 4 N–H and O–H groups in total. The van der Waals surface area contributed by atoms with Gasteiger partial charge in [-0.15, -0.1) is 0 Å². The average molecular weight is 375 g/mol. The van der Waals surface area contributed by atoms with Crippen molar-refractivity contribution < 1.29 is 14.3 Å². The zero-order chi connectivity index (χ0) is 19.8. The number of rotatable bonds is 7. The number of hydrogen-bond donors (Lipinski definition) is 3. The second-order valence-corrected chi connectivity index (χ2v) is 6.17. The Labute approximate surface area is 163 Å². The van der Waals surface area contributed by atoms with Crippen LogP contribution < -0.4 is 21.1 Å². The molecule has 28 heavy (non-hydrogen) atoms. The third kappa shape index (κ3) is 5.60. The first-order chi connectivity index (χ1) is 13.6. The maximum atomic E-state index is 12.4. The first kappa shape index (κ1) is 19.0. The number of hydrogen-bond acceptors (Lipinski definition) is 3. The molecule has 6 heteroatoms. The van der Waals surface area contributed by atoms with Crippen LogP contribution in [0.3, 0.4) is 0 Å². The molecule has 0 saturated heterocycles. The fraction of sp³-hybridized carbons (Fsp3) is 0.0909. The highest BCUT2D eigenvalue weighted by Gasteiger charge is 2.07. The lowest BCUT2D eigenvalue weighted by Gasteiger charge is -2.10. The van der Waals surface area contributed by atoms with Gasteiger partial charge >= 0.3 is 6.03 Å². The summed E-state index contributed by atoms with van der Waals surface area (Å²) < 4.78 is 5.81. The largest absolute Gasteiger partial charge is 0.489 e. The molecule has 0 aliphatic carbocycles. The highest BCUT2D eigenvalue weighted by Crippen LogP contribution is 2.16. The van der Waals surface area contributed by atoms with E-state index in [0.717, 1.165) is 16.9 Å². The van der Waals surface area contributed by atoms with Crippen molar-refractivity contribution in [2.45, 2.75) is 13.2 Å². The van der Waals surface area contributed by atoms with E-state index in [2.05, 4.69) is 10.6 Å². The molecular weight excluding hydrogens is 354 g/mol. The second kappa shape index (κ2) is 9.23. The minimum atomic E-state index is -0.676. The van der Waals surface area contributed by atoms with E-state index in [9.17, 15) is 9.59 Å². The first-order valence-electron chi connectivity index (χ1n) is 8.80. The fourth-order valence-electron chi connectivity index (χ4n) is 2.65. The van der Waals surface area contributed by atoms with E-state index < -0.39 is 6.03 Å². The molecule has 3 aromatic rings. The Kier molecular flexibility index (Phi) is 6.25. The maximum absolute atomic E-state index is 12.4. The highest BCUT2D eigenvalue weighted by atomic mass is 16.5. The van der Waals surface area contributed by atoms with Crippen molar-refractivity contribution in [3.63, 3.8) is 0 Å². The number of amides is 3. The minimum Gasteiger partial charge on any atom is -0.489 e. The molecule has 0 bridgehead atoms. The standard InChI is InChI=1S/C22H21N3O3/c23-22(27)25-19-10-5-9-18(13-19)21(26)24-14-17-8-4-11-20(12-17)28-15-16-6-2-1-3-7-16/h1-13H,14-15H2,(H,24,26)(H3,23,25,27). The van der Waals surface area contributed by atoms with Crippen molar-refractivity contribution in [1.82, 2.24) is 5.32 Å². The van der Waals surface area contributed by atoms with Crippen LogP contribution in [0.2, 0.25) is 0 Å². The molecule has 0 aliphatic heterocycles. The zero-order valence-corrected chi connectivity index (χ0v) is 15.2. The third-order valence-electron chi connectivity index (χ3n) is 3.99. The van der Waals surface area contributed by atoms with E-state index in [1.807, 2.05) is 54.6 Å². The van der Waals surface area contributed by atoms with Gasteiger partial charge in [-0.1, -0.05) is 48.5 Å². The molecule has 0 aliphatic rings. The third-order valence-corrected chi connectivity index (χ3v) is 3.99. The van der Waals surface area contributed by atoms with Crippen LogP contribution in [-0.4, -0.2) is 11.9 Å². The smallest absolute Gasteiger partial charge is 0.316 e. The van der Waals surface area contributed by atoms with Crippen molar-refractivity contribution in [3.05, 3.63) is 95.6 Å². The van der Waals surface area contributed by atoms with Gasteiger partial charge in [0.25, 0.3) is 5.91 Å². The summed E-state index contributed by atoms with van der Waals surface area (Å²) in [7, 11) is 0. The van der Waals surface area contributed by atoms with Crippen molar-refractivity contribution in [3.8, 4) is 5.75 Å². The number of benzene rings is 3. The van der Waals surface area contributed by atoms with E-state index in [1.54, 1.807) is 24.3 Å². The lowest BCUT2D eigenvalue weighted by Crippen LogP contribution is -2.23. The number of carbonyl (C=O) groups excluding carboxylic acids is 2. The molecule has 6 nitrogen and oxygen atoms in total. The van der Waals surface area contributed by atoms with E-state index in [1.165, 1.54) is 0 Å². The van der Waals surface area contributed by atoms with Crippen LogP contribution in [0.1, 0.15) is 21.5 Å². The fourth-order valence-corrected chi connectivity index (χ4v) is 2.65. The second-order valence-electron chi connectivity index (χ2n) is 6.17. The van der Waals surface area contributed by atoms with E-state index in [4.69, 9.17) is 10.5 Å². The molecule has 0 unspecified atom stereocenters. The van der Waals surface area contributed by atoms with Gasteiger partial charge in [-0.25, -0.2) is 4.79 Å². The van der Waals surface area contributed by atoms with E-state index in [0.29, 0.717) is 24.4 Å². The summed E-state index contributed by atoms with van der Waals surface area (Å²) in [6, 6.07) is 23.4. The summed E-state index contributed by atoms with van der Waals surface area (Å²) in [6.45, 7) is 0.838. The summed E-state index contributed by atoms with van der Waals surface area (Å²) in [5, 5.41) is 5.31. The zero-order valence-electron chi connectivity index (χ0n) is 15.2. The molecule has 0 fully saturated rings. The van der Waals surface area contributed by atoms with Gasteiger partial charge in [0.2, 0.25) is 0 Å². The molecule has 0 atom stereocenters. The molecule has 3 aromatic carbocycles. The number of nitrogens with one attached hydrogen (secondary N) is 2. The minimum absolute atomic E-state index is 0.247. The number of anilines is 1. The summed E-state index contributed by atoms with van der Waals surface area (Å²) in [6.07, 6.45) is 0. The van der Waals surface area contributed by atoms with Crippen LogP contribution >= 0.6 is 0 Å². The van der Waals surface area contributed by atoms with Gasteiger partial charge in [-0.2, -0.15) is 0 Å². The Morgan fingerprint density at radius 2 is 1.61 bits per heavy atom. The molecule has 0 saturated carbocycles. The molecule has 3 rings (SSSR count). The SMILES string of the molecule is NC(=O)Nc1cccc(C(=O)NCc2cccc(OCc3ccccc3)c2)c1. The van der Waals surface area contributed by atoms with Crippen LogP contribution in [0.25, 0.3) is 0 Å². The van der Waals surface area contributed by atoms with Gasteiger partial charge < -0.3 is 21.1 Å². The van der Waals surface area contributed by atoms with Crippen LogP contribution in [-0.2, 0) is 13.2 Å². The van der Waals surface area contributed by atoms with Crippen LogP contribution in [0, 0.1) is 0 Å². The molecule has 0 spiro atoms. The molecule has 0 radical (unpaired) electrons. The van der Waals surface area contributed by atoms with Crippen LogP contribution in [0.5, 0.6) is 5.75 Å². The lowest BCUT2D eigenvalue weighted by atomic mass is 10.1. The average Bonchev–Trinajstić information content (AvgIpc) is 2.71. The molecular formula is C22H21N3O3. The Bertz CT molecular complexity index is 958. The van der Waals surface area contributed by atoms with Crippen LogP contribution in [0.4, 0.5) is 10.5 Å². The molecule has 142 valence electrons. The van der Waals surface area contributed by atoms with Gasteiger partial charge in [0.05, 0.1) is 0 Å². The number of ether oxygens (including phenoxy) is 1. The molecule has 0 heterocycles. The van der Waals surface area contributed by atoms with Crippen molar-refractivity contribution in [1.29, 1.82) is 0 Å². The normalized spacial score (nSPS) is 10.1. The quantitative estimate of drug-likeness (QED) is 0.588. The predicted molar refractivity (Wildman–Crippen MR) is 108 cm³/mol. The van der Waals surface area contributed by atoms with Gasteiger partial charge in [0.15, 0.2) is 0 Å². The number of primary amides is 1. The van der Waals surface area contributed by atoms with Crippen LogP contribution in [0.15, 0.2) is 78.9 Å². The van der Waals surface area contributed by atoms with Gasteiger partial charge in [-0.05, 0) is 41.5 Å². The summed E-state index contributed by atoms with van der Waals surface area (Å²) in [4.78, 5) is 23.3. The van der Waals surface area contributed by atoms with Crippen molar-refractivity contribution in [2.24, 2.45) is 5.73 Å².